The van der Waals surface area contributed by atoms with Gasteiger partial charge in [-0.05, 0) is 25.8 Å². The number of hydrogen-bond donors (Lipinski definition) is 1. The number of nitrogens with zero attached hydrogens (tertiary/aromatic N) is 2. The van der Waals surface area contributed by atoms with Crippen LogP contribution in [0.15, 0.2) is 24.3 Å². The van der Waals surface area contributed by atoms with E-state index in [0.717, 1.165) is 42.4 Å². The van der Waals surface area contributed by atoms with Crippen molar-refractivity contribution in [2.45, 2.75) is 57.6 Å². The Hall–Kier alpha value is -1.68. The van der Waals surface area contributed by atoms with E-state index in [1.165, 1.54) is 0 Å². The van der Waals surface area contributed by atoms with Gasteiger partial charge in [-0.3, -0.25) is 9.48 Å². The topological polar surface area (TPSA) is 55.1 Å². The molecule has 1 aromatic carbocycles. The molecule has 1 fully saturated rings. The molecule has 0 aliphatic heterocycles. The van der Waals surface area contributed by atoms with Gasteiger partial charge in [0.15, 0.2) is 5.78 Å². The van der Waals surface area contributed by atoms with Crippen molar-refractivity contribution in [1.29, 1.82) is 0 Å². The minimum absolute atomic E-state index is 0.0753. The number of fused-ring (bicyclic) bond motifs is 1. The lowest BCUT2D eigenvalue weighted by molar-refractivity contribution is -0.139. The molecule has 4 nitrogen and oxygen atoms in total. The maximum absolute atomic E-state index is 12.5. The van der Waals surface area contributed by atoms with Crippen LogP contribution in [0.25, 0.3) is 10.9 Å². The van der Waals surface area contributed by atoms with Crippen molar-refractivity contribution in [2.75, 3.05) is 0 Å². The summed E-state index contributed by atoms with van der Waals surface area (Å²) in [5, 5.41) is 16.1. The summed E-state index contributed by atoms with van der Waals surface area (Å²) in [6.45, 7) is 2.82. The fourth-order valence-corrected chi connectivity index (χ4v) is 3.30. The molecule has 0 spiro atoms. The molecule has 2 aromatic rings. The van der Waals surface area contributed by atoms with E-state index in [-0.39, 0.29) is 12.2 Å². The van der Waals surface area contributed by atoms with Gasteiger partial charge in [-0.25, -0.2) is 0 Å². The molecule has 0 unspecified atom stereocenters. The molecular weight excluding hydrogens is 264 g/mol. The van der Waals surface area contributed by atoms with Gasteiger partial charge in [-0.2, -0.15) is 5.10 Å². The van der Waals surface area contributed by atoms with Crippen molar-refractivity contribution in [2.24, 2.45) is 0 Å². The van der Waals surface area contributed by atoms with Gasteiger partial charge >= 0.3 is 0 Å². The lowest BCUT2D eigenvalue weighted by Crippen LogP contribution is -2.41. The predicted octanol–water partition coefficient (Wildman–Crippen LogP) is 2.86. The summed E-state index contributed by atoms with van der Waals surface area (Å²) in [5.41, 5.74) is 0.713. The number of para-hydroxylation sites is 1. The molecule has 0 saturated heterocycles. The second-order valence-corrected chi connectivity index (χ2v) is 5.97. The van der Waals surface area contributed by atoms with Gasteiger partial charge in [0.05, 0.1) is 17.6 Å². The fraction of sp³-hybridized carbons (Fsp3) is 0.529. The molecule has 1 aliphatic rings. The Morgan fingerprint density at radius 3 is 2.71 bits per heavy atom. The largest absolute Gasteiger partial charge is 0.382 e. The van der Waals surface area contributed by atoms with Crippen LogP contribution in [0.2, 0.25) is 0 Å². The summed E-state index contributed by atoms with van der Waals surface area (Å²) >= 11 is 0. The maximum Gasteiger partial charge on any atom is 0.170 e. The van der Waals surface area contributed by atoms with Crippen molar-refractivity contribution in [3.63, 3.8) is 0 Å². The van der Waals surface area contributed by atoms with Crippen LogP contribution in [-0.4, -0.2) is 26.3 Å². The molecule has 0 amide bonds. The van der Waals surface area contributed by atoms with E-state index in [2.05, 4.69) is 5.10 Å². The first-order valence-electron chi connectivity index (χ1n) is 7.84. The second-order valence-electron chi connectivity index (χ2n) is 5.97. The van der Waals surface area contributed by atoms with E-state index in [1.54, 1.807) is 0 Å². The Balaban J connectivity index is 1.89. The molecule has 112 valence electrons. The van der Waals surface area contributed by atoms with Crippen molar-refractivity contribution in [1.82, 2.24) is 9.78 Å². The highest BCUT2D eigenvalue weighted by molar-refractivity contribution is 5.93. The van der Waals surface area contributed by atoms with E-state index >= 15 is 0 Å². The average Bonchev–Trinajstić information content (AvgIpc) is 2.86. The third-order valence-electron chi connectivity index (χ3n) is 4.56. The average molecular weight is 286 g/mol. The van der Waals surface area contributed by atoms with E-state index < -0.39 is 5.60 Å². The zero-order chi connectivity index (χ0) is 14.9. The molecule has 1 N–H and O–H groups in total. The van der Waals surface area contributed by atoms with Crippen molar-refractivity contribution in [3.05, 3.63) is 30.0 Å². The molecule has 1 aromatic heterocycles. The Kier molecular flexibility index (Phi) is 3.81. The Labute approximate surface area is 124 Å². The molecule has 0 bridgehead atoms. The summed E-state index contributed by atoms with van der Waals surface area (Å²) in [5.74, 6) is -0.0753. The quantitative estimate of drug-likeness (QED) is 0.940. The molecule has 0 atom stereocenters. The van der Waals surface area contributed by atoms with Crippen LogP contribution >= 0.6 is 0 Å². The summed E-state index contributed by atoms with van der Waals surface area (Å²) in [6, 6.07) is 7.97. The Morgan fingerprint density at radius 1 is 1.29 bits per heavy atom. The number of aryl methyl sites for hydroxylation is 1. The van der Waals surface area contributed by atoms with Crippen LogP contribution in [0, 0.1) is 0 Å². The molecule has 0 radical (unpaired) electrons. The number of aliphatic hydroxyl groups is 1. The number of carbonyl (C=O) groups excluding carboxylic acids is 1. The van der Waals surface area contributed by atoms with Crippen molar-refractivity contribution >= 4 is 16.7 Å². The summed E-state index contributed by atoms with van der Waals surface area (Å²) < 4.78 is 1.92. The molecule has 1 saturated carbocycles. The first-order valence-corrected chi connectivity index (χ1v) is 7.84. The lowest BCUT2D eigenvalue weighted by atomic mass is 9.80. The zero-order valence-electron chi connectivity index (χ0n) is 12.5. The van der Waals surface area contributed by atoms with Gasteiger partial charge in [-0.15, -0.1) is 0 Å². The first kappa shape index (κ1) is 14.3. The molecule has 1 aliphatic carbocycles. The highest BCUT2D eigenvalue weighted by Crippen LogP contribution is 2.30. The molecule has 3 rings (SSSR count). The number of carbonyl (C=O) groups is 1. The van der Waals surface area contributed by atoms with Gasteiger partial charge in [-0.1, -0.05) is 37.5 Å². The van der Waals surface area contributed by atoms with Crippen LogP contribution in [0.3, 0.4) is 0 Å². The number of ketones is 1. The standard InChI is InChI=1S/C17H22N2O2/c1-2-19-15-9-5-4-8-13(15)14(18-19)12-16(20)17(21)10-6-3-7-11-17/h4-5,8-9,21H,2-3,6-7,10-12H2,1H3. The number of rotatable bonds is 4. The Morgan fingerprint density at radius 2 is 2.00 bits per heavy atom. The van der Waals surface area contributed by atoms with Gasteiger partial charge in [0, 0.05) is 11.9 Å². The smallest absolute Gasteiger partial charge is 0.170 e. The van der Waals surface area contributed by atoms with Crippen LogP contribution in [0.4, 0.5) is 0 Å². The van der Waals surface area contributed by atoms with E-state index in [9.17, 15) is 9.90 Å². The minimum atomic E-state index is -1.13. The van der Waals surface area contributed by atoms with Crippen LogP contribution in [0.1, 0.15) is 44.7 Å². The van der Waals surface area contributed by atoms with Gasteiger partial charge in [0.1, 0.15) is 5.60 Å². The van der Waals surface area contributed by atoms with E-state index in [4.69, 9.17) is 0 Å². The fourth-order valence-electron chi connectivity index (χ4n) is 3.30. The SMILES string of the molecule is CCn1nc(CC(=O)C2(O)CCCCC2)c2ccccc21. The zero-order valence-corrected chi connectivity index (χ0v) is 12.5. The monoisotopic (exact) mass is 286 g/mol. The molecule has 4 heteroatoms. The third kappa shape index (κ3) is 2.60. The second kappa shape index (κ2) is 5.60. The van der Waals surface area contributed by atoms with Gasteiger partial charge in [0.25, 0.3) is 0 Å². The lowest BCUT2D eigenvalue weighted by Gasteiger charge is -2.30. The normalized spacial score (nSPS) is 18.0. The number of aromatic nitrogens is 2. The summed E-state index contributed by atoms with van der Waals surface area (Å²) in [7, 11) is 0. The highest BCUT2D eigenvalue weighted by Gasteiger charge is 2.37. The van der Waals surface area contributed by atoms with Crippen LogP contribution in [0.5, 0.6) is 0 Å². The van der Waals surface area contributed by atoms with Crippen LogP contribution < -0.4 is 0 Å². The predicted molar refractivity (Wildman–Crippen MR) is 82.2 cm³/mol. The number of Topliss-reactive ketones (excluding diaryl/α,β-unsaturated/α-hetero) is 1. The van der Waals surface area contributed by atoms with Crippen molar-refractivity contribution < 1.29 is 9.90 Å². The van der Waals surface area contributed by atoms with E-state index in [0.29, 0.717) is 12.8 Å². The number of hydrogen-bond acceptors (Lipinski definition) is 3. The summed E-state index contributed by atoms with van der Waals surface area (Å²) in [4.78, 5) is 12.5. The minimum Gasteiger partial charge on any atom is -0.382 e. The van der Waals surface area contributed by atoms with Crippen molar-refractivity contribution in [3.8, 4) is 0 Å². The van der Waals surface area contributed by atoms with Gasteiger partial charge < -0.3 is 5.11 Å². The molecule has 1 heterocycles. The highest BCUT2D eigenvalue weighted by atomic mass is 16.3. The Bertz CT molecular complexity index is 654. The summed E-state index contributed by atoms with van der Waals surface area (Å²) in [6.07, 6.45) is 4.41. The molecular formula is C17H22N2O2. The van der Waals surface area contributed by atoms with Gasteiger partial charge in [0.2, 0.25) is 0 Å². The third-order valence-corrected chi connectivity index (χ3v) is 4.56. The maximum atomic E-state index is 12.5. The number of benzene rings is 1. The van der Waals surface area contributed by atoms with E-state index in [1.807, 2.05) is 35.9 Å². The first-order chi connectivity index (χ1) is 10.1. The van der Waals surface area contributed by atoms with Crippen LogP contribution in [-0.2, 0) is 17.8 Å². The molecule has 21 heavy (non-hydrogen) atoms.